The van der Waals surface area contributed by atoms with Crippen LogP contribution in [0.25, 0.3) is 11.0 Å². The summed E-state index contributed by atoms with van der Waals surface area (Å²) in [5, 5.41) is 12.3. The van der Waals surface area contributed by atoms with Crippen molar-refractivity contribution in [2.45, 2.75) is 19.3 Å². The summed E-state index contributed by atoms with van der Waals surface area (Å²) in [7, 11) is 0. The van der Waals surface area contributed by atoms with Gasteiger partial charge in [0.25, 0.3) is 5.91 Å². The fourth-order valence-electron chi connectivity index (χ4n) is 3.03. The number of nitrogens with one attached hydrogen (secondary N) is 2. The van der Waals surface area contributed by atoms with Gasteiger partial charge in [-0.05, 0) is 42.9 Å². The van der Waals surface area contributed by atoms with Gasteiger partial charge in [0.2, 0.25) is 0 Å². The molecule has 3 N–H and O–H groups in total. The standard InChI is InChI=1S/C15H19N3O2/c19-8-12-3-1-2-11(12)7-16-15(20)10-4-5-13-14(6-10)18-9-17-13/h4-6,9,11-12,19H,1-3,7-8H2,(H,16,20)(H,17,18). The molecule has 1 aromatic heterocycles. The van der Waals surface area contributed by atoms with E-state index in [0.717, 1.165) is 30.3 Å². The Kier molecular flexibility index (Phi) is 3.69. The van der Waals surface area contributed by atoms with Gasteiger partial charge in [-0.2, -0.15) is 0 Å². The maximum atomic E-state index is 12.2. The number of H-pyrrole nitrogens is 1. The van der Waals surface area contributed by atoms with Crippen LogP contribution in [0.4, 0.5) is 0 Å². The van der Waals surface area contributed by atoms with Gasteiger partial charge in [-0.3, -0.25) is 4.79 Å². The van der Waals surface area contributed by atoms with Crippen molar-refractivity contribution < 1.29 is 9.90 Å². The Hall–Kier alpha value is -1.88. The van der Waals surface area contributed by atoms with E-state index in [1.165, 1.54) is 0 Å². The molecule has 20 heavy (non-hydrogen) atoms. The van der Waals surface area contributed by atoms with Crippen LogP contribution in [0.5, 0.6) is 0 Å². The fraction of sp³-hybridized carbons (Fsp3) is 0.467. The average molecular weight is 273 g/mol. The topological polar surface area (TPSA) is 78.0 Å². The lowest BCUT2D eigenvalue weighted by atomic mass is 9.97. The van der Waals surface area contributed by atoms with Crippen molar-refractivity contribution in [2.75, 3.05) is 13.2 Å². The first-order valence-electron chi connectivity index (χ1n) is 7.10. The second kappa shape index (κ2) is 5.63. The minimum absolute atomic E-state index is 0.0647. The van der Waals surface area contributed by atoms with Crippen molar-refractivity contribution in [3.05, 3.63) is 30.1 Å². The molecule has 1 heterocycles. The van der Waals surface area contributed by atoms with Gasteiger partial charge in [0.1, 0.15) is 0 Å². The lowest BCUT2D eigenvalue weighted by Gasteiger charge is -2.17. The highest BCUT2D eigenvalue weighted by Gasteiger charge is 2.26. The molecule has 1 fully saturated rings. The molecule has 2 unspecified atom stereocenters. The minimum Gasteiger partial charge on any atom is -0.396 e. The summed E-state index contributed by atoms with van der Waals surface area (Å²) in [6.07, 6.45) is 4.92. The molecule has 0 bridgehead atoms. The third-order valence-electron chi connectivity index (χ3n) is 4.26. The number of benzene rings is 1. The Labute approximate surface area is 117 Å². The predicted octanol–water partition coefficient (Wildman–Crippen LogP) is 1.70. The molecule has 5 heteroatoms. The van der Waals surface area contributed by atoms with Crippen molar-refractivity contribution in [2.24, 2.45) is 11.8 Å². The molecule has 106 valence electrons. The number of hydrogen-bond donors (Lipinski definition) is 3. The molecule has 2 aromatic rings. The Morgan fingerprint density at radius 3 is 3.10 bits per heavy atom. The Bertz CT molecular complexity index is 608. The number of aromatic amines is 1. The molecule has 1 aliphatic carbocycles. The number of aliphatic hydroxyl groups excluding tert-OH is 1. The molecular formula is C15H19N3O2. The maximum absolute atomic E-state index is 12.2. The molecule has 1 amide bonds. The lowest BCUT2D eigenvalue weighted by molar-refractivity contribution is 0.0938. The highest BCUT2D eigenvalue weighted by Crippen LogP contribution is 2.30. The summed E-state index contributed by atoms with van der Waals surface area (Å²) < 4.78 is 0. The Morgan fingerprint density at radius 1 is 1.40 bits per heavy atom. The normalized spacial score (nSPS) is 22.2. The number of hydrogen-bond acceptors (Lipinski definition) is 3. The van der Waals surface area contributed by atoms with E-state index in [1.54, 1.807) is 12.4 Å². The van der Waals surface area contributed by atoms with Gasteiger partial charge < -0.3 is 15.4 Å². The van der Waals surface area contributed by atoms with Gasteiger partial charge in [0, 0.05) is 18.7 Å². The zero-order valence-corrected chi connectivity index (χ0v) is 11.3. The fourth-order valence-corrected chi connectivity index (χ4v) is 3.03. The van der Waals surface area contributed by atoms with Gasteiger partial charge in [0.15, 0.2) is 0 Å². The molecule has 3 rings (SSSR count). The van der Waals surface area contributed by atoms with E-state index in [9.17, 15) is 9.90 Å². The molecule has 1 aliphatic rings. The van der Waals surface area contributed by atoms with E-state index in [-0.39, 0.29) is 12.5 Å². The van der Waals surface area contributed by atoms with E-state index in [4.69, 9.17) is 0 Å². The summed E-state index contributed by atoms with van der Waals surface area (Å²) in [6, 6.07) is 5.44. The molecule has 2 atom stereocenters. The van der Waals surface area contributed by atoms with Crippen LogP contribution in [-0.2, 0) is 0 Å². The van der Waals surface area contributed by atoms with Crippen molar-refractivity contribution >= 4 is 16.9 Å². The van der Waals surface area contributed by atoms with E-state index >= 15 is 0 Å². The third-order valence-corrected chi connectivity index (χ3v) is 4.26. The maximum Gasteiger partial charge on any atom is 0.251 e. The van der Waals surface area contributed by atoms with Gasteiger partial charge in [-0.25, -0.2) is 4.98 Å². The summed E-state index contributed by atoms with van der Waals surface area (Å²) in [5.74, 6) is 0.676. The van der Waals surface area contributed by atoms with Crippen LogP contribution in [0.15, 0.2) is 24.5 Å². The molecular weight excluding hydrogens is 254 g/mol. The lowest BCUT2D eigenvalue weighted by Crippen LogP contribution is -2.31. The molecule has 1 saturated carbocycles. The summed E-state index contributed by atoms with van der Waals surface area (Å²) in [4.78, 5) is 19.3. The quantitative estimate of drug-likeness (QED) is 0.793. The highest BCUT2D eigenvalue weighted by molar-refractivity contribution is 5.97. The van der Waals surface area contributed by atoms with Gasteiger partial charge >= 0.3 is 0 Å². The smallest absolute Gasteiger partial charge is 0.251 e. The number of imidazole rings is 1. The van der Waals surface area contributed by atoms with E-state index in [0.29, 0.717) is 23.9 Å². The monoisotopic (exact) mass is 273 g/mol. The number of aromatic nitrogens is 2. The minimum atomic E-state index is -0.0647. The second-order valence-electron chi connectivity index (χ2n) is 5.48. The van der Waals surface area contributed by atoms with Crippen LogP contribution in [-0.4, -0.2) is 34.1 Å². The first kappa shape index (κ1) is 13.1. The van der Waals surface area contributed by atoms with Crippen molar-refractivity contribution in [1.29, 1.82) is 0 Å². The molecule has 1 aromatic carbocycles. The van der Waals surface area contributed by atoms with E-state index in [2.05, 4.69) is 15.3 Å². The van der Waals surface area contributed by atoms with Crippen LogP contribution >= 0.6 is 0 Å². The van der Waals surface area contributed by atoms with Crippen LogP contribution in [0, 0.1) is 11.8 Å². The Balaban J connectivity index is 1.63. The summed E-state index contributed by atoms with van der Waals surface area (Å²) in [5.41, 5.74) is 2.37. The number of carbonyl (C=O) groups excluding carboxylic acids is 1. The zero-order valence-electron chi connectivity index (χ0n) is 11.3. The van der Waals surface area contributed by atoms with Crippen molar-refractivity contribution in [3.8, 4) is 0 Å². The highest BCUT2D eigenvalue weighted by atomic mass is 16.3. The molecule has 0 aliphatic heterocycles. The number of amides is 1. The number of carbonyl (C=O) groups is 1. The molecule has 0 saturated heterocycles. The van der Waals surface area contributed by atoms with Crippen LogP contribution in [0.1, 0.15) is 29.6 Å². The van der Waals surface area contributed by atoms with E-state index in [1.807, 2.05) is 12.1 Å². The van der Waals surface area contributed by atoms with Crippen LogP contribution in [0.2, 0.25) is 0 Å². The first-order chi connectivity index (χ1) is 9.78. The second-order valence-corrected chi connectivity index (χ2v) is 5.48. The molecule has 5 nitrogen and oxygen atoms in total. The zero-order chi connectivity index (χ0) is 13.9. The average Bonchev–Trinajstić information content (AvgIpc) is 3.12. The first-order valence-corrected chi connectivity index (χ1v) is 7.10. The largest absolute Gasteiger partial charge is 0.396 e. The molecule has 0 radical (unpaired) electrons. The molecule has 0 spiro atoms. The van der Waals surface area contributed by atoms with Gasteiger partial charge in [-0.15, -0.1) is 0 Å². The van der Waals surface area contributed by atoms with E-state index < -0.39 is 0 Å². The predicted molar refractivity (Wildman–Crippen MR) is 76.3 cm³/mol. The van der Waals surface area contributed by atoms with Gasteiger partial charge in [-0.1, -0.05) is 6.42 Å². The number of rotatable bonds is 4. The number of nitrogens with zero attached hydrogens (tertiary/aromatic N) is 1. The SMILES string of the molecule is O=C(NCC1CCCC1CO)c1ccc2nc[nH]c2c1. The summed E-state index contributed by atoms with van der Waals surface area (Å²) in [6.45, 7) is 0.867. The Morgan fingerprint density at radius 2 is 2.25 bits per heavy atom. The number of fused-ring (bicyclic) bond motifs is 1. The van der Waals surface area contributed by atoms with Crippen LogP contribution in [0.3, 0.4) is 0 Å². The van der Waals surface area contributed by atoms with Crippen molar-refractivity contribution in [3.63, 3.8) is 0 Å². The third kappa shape index (κ3) is 2.54. The van der Waals surface area contributed by atoms with Gasteiger partial charge in [0.05, 0.1) is 17.4 Å². The van der Waals surface area contributed by atoms with Crippen molar-refractivity contribution in [1.82, 2.24) is 15.3 Å². The van der Waals surface area contributed by atoms with Crippen LogP contribution < -0.4 is 5.32 Å². The number of aliphatic hydroxyl groups is 1. The summed E-state index contributed by atoms with van der Waals surface area (Å²) >= 11 is 0.